The number of aromatic nitrogens is 3. The summed E-state index contributed by atoms with van der Waals surface area (Å²) in [7, 11) is 0. The summed E-state index contributed by atoms with van der Waals surface area (Å²) < 4.78 is 1.74. The fourth-order valence-electron chi connectivity index (χ4n) is 3.84. The van der Waals surface area contributed by atoms with Crippen LogP contribution in [0.25, 0.3) is 11.3 Å². The third-order valence-electron chi connectivity index (χ3n) is 5.22. The van der Waals surface area contributed by atoms with Crippen LogP contribution in [0, 0.1) is 0 Å². The first-order valence-corrected chi connectivity index (χ1v) is 10.2. The van der Waals surface area contributed by atoms with Crippen LogP contribution in [0.4, 0.5) is 5.95 Å². The predicted octanol–water partition coefficient (Wildman–Crippen LogP) is 4.36. The van der Waals surface area contributed by atoms with Gasteiger partial charge in [0.05, 0.1) is 11.7 Å². The number of pyridine rings is 1. The van der Waals surface area contributed by atoms with Crippen LogP contribution in [-0.4, -0.2) is 33.7 Å². The van der Waals surface area contributed by atoms with E-state index in [1.54, 1.807) is 23.0 Å². The minimum Gasteiger partial charge on any atom is -0.339 e. The maximum Gasteiger partial charge on any atom is 0.255 e. The van der Waals surface area contributed by atoms with E-state index in [1.165, 1.54) is 5.56 Å². The van der Waals surface area contributed by atoms with Crippen LogP contribution in [0.15, 0.2) is 59.7 Å². The van der Waals surface area contributed by atoms with E-state index < -0.39 is 0 Å². The molecule has 0 amide bonds. The number of halogens is 3. The molecule has 1 fully saturated rings. The zero-order valence-corrected chi connectivity index (χ0v) is 19.8. The third-order valence-corrected chi connectivity index (χ3v) is 5.47. The Balaban J connectivity index is 0.00000171. The van der Waals surface area contributed by atoms with Gasteiger partial charge in [0.25, 0.3) is 5.56 Å². The first kappa shape index (κ1) is 25.1. The minimum atomic E-state index is -0.0430. The molecular formula is C22H26Cl3N5O. The number of hydrogen-bond donors (Lipinski definition) is 1. The number of nitrogens with zero attached hydrogens (tertiary/aromatic N) is 4. The van der Waals surface area contributed by atoms with E-state index >= 15 is 0 Å². The van der Waals surface area contributed by atoms with Crippen LogP contribution in [-0.2, 0) is 6.54 Å². The average molecular weight is 483 g/mol. The number of nitrogens with one attached hydrogen (secondary N) is 1. The van der Waals surface area contributed by atoms with Crippen molar-refractivity contribution < 1.29 is 0 Å². The lowest BCUT2D eigenvalue weighted by Crippen LogP contribution is -2.52. The lowest BCUT2D eigenvalue weighted by Gasteiger charge is -2.39. The highest BCUT2D eigenvalue weighted by Crippen LogP contribution is 2.25. The molecule has 3 aromatic rings. The van der Waals surface area contributed by atoms with Crippen molar-refractivity contribution in [3.63, 3.8) is 0 Å². The highest BCUT2D eigenvalue weighted by molar-refractivity contribution is 6.30. The molecule has 1 aliphatic rings. The Hall–Kier alpha value is -2.12. The molecule has 9 heteroatoms. The van der Waals surface area contributed by atoms with E-state index in [-0.39, 0.29) is 42.5 Å². The van der Waals surface area contributed by atoms with Gasteiger partial charge in [-0.15, -0.1) is 24.8 Å². The van der Waals surface area contributed by atoms with E-state index in [1.807, 2.05) is 43.3 Å². The predicted molar refractivity (Wildman–Crippen MR) is 131 cm³/mol. The molecule has 1 saturated heterocycles. The summed E-state index contributed by atoms with van der Waals surface area (Å²) >= 11 is 6.05. The van der Waals surface area contributed by atoms with Gasteiger partial charge < -0.3 is 10.2 Å². The Morgan fingerprint density at radius 1 is 1.10 bits per heavy atom. The van der Waals surface area contributed by atoms with Crippen LogP contribution in [0.5, 0.6) is 0 Å². The summed E-state index contributed by atoms with van der Waals surface area (Å²) in [4.78, 5) is 24.0. The van der Waals surface area contributed by atoms with E-state index in [0.717, 1.165) is 23.7 Å². The molecule has 0 aliphatic carbocycles. The number of hydrogen-bond acceptors (Lipinski definition) is 5. The number of rotatable bonds is 4. The standard InChI is InChI=1S/C22H24ClN5O.2ClH/c1-3-28-21(29)12-19(17-8-10-24-11-9-17)26-22(28)27-13-15(2)25-20(14-27)16-4-6-18(23)7-5-16;;/h4-12,15,20,25H,3,13-14H2,1-2H3;2*1H/t15-,20-;;/m1../s1. The molecule has 2 atom stereocenters. The summed E-state index contributed by atoms with van der Waals surface area (Å²) in [5, 5.41) is 4.37. The maximum absolute atomic E-state index is 12.8. The number of piperazine rings is 1. The van der Waals surface area contributed by atoms with Crippen LogP contribution < -0.4 is 15.8 Å². The highest BCUT2D eigenvalue weighted by Gasteiger charge is 2.28. The second-order valence-corrected chi connectivity index (χ2v) is 7.77. The van der Waals surface area contributed by atoms with Crippen molar-refractivity contribution in [1.82, 2.24) is 19.9 Å². The van der Waals surface area contributed by atoms with Crippen molar-refractivity contribution in [2.75, 3.05) is 18.0 Å². The van der Waals surface area contributed by atoms with E-state index in [2.05, 4.69) is 22.1 Å². The molecule has 6 nitrogen and oxygen atoms in total. The highest BCUT2D eigenvalue weighted by atomic mass is 35.5. The van der Waals surface area contributed by atoms with Crippen molar-refractivity contribution >= 4 is 42.4 Å². The summed E-state index contributed by atoms with van der Waals surface area (Å²) in [6, 6.07) is 13.6. The van der Waals surface area contributed by atoms with Crippen molar-refractivity contribution in [2.24, 2.45) is 0 Å². The Bertz CT molecular complexity index is 1040. The second-order valence-electron chi connectivity index (χ2n) is 7.34. The third kappa shape index (κ3) is 5.57. The molecule has 0 radical (unpaired) electrons. The Morgan fingerprint density at radius 3 is 2.42 bits per heavy atom. The molecule has 3 heterocycles. The fraction of sp³-hybridized carbons (Fsp3) is 0.318. The molecule has 166 valence electrons. The SMILES string of the molecule is CCn1c(N2C[C@@H](C)N[C@@H](c3ccc(Cl)cc3)C2)nc(-c2ccncc2)cc1=O.Cl.Cl. The zero-order valence-electron chi connectivity index (χ0n) is 17.4. The molecule has 0 unspecified atom stereocenters. The first-order valence-electron chi connectivity index (χ1n) is 9.84. The van der Waals surface area contributed by atoms with E-state index in [4.69, 9.17) is 16.6 Å². The second kappa shape index (κ2) is 11.0. The van der Waals surface area contributed by atoms with Gasteiger partial charge in [0.2, 0.25) is 5.95 Å². The lowest BCUT2D eigenvalue weighted by molar-refractivity contribution is 0.388. The average Bonchev–Trinajstić information content (AvgIpc) is 2.74. The maximum atomic E-state index is 12.8. The van der Waals surface area contributed by atoms with Crippen molar-refractivity contribution in [1.29, 1.82) is 0 Å². The summed E-state index contributed by atoms with van der Waals surface area (Å²) in [5.74, 6) is 0.708. The molecule has 0 saturated carbocycles. The fourth-order valence-corrected chi connectivity index (χ4v) is 3.96. The minimum absolute atomic E-state index is 0. The summed E-state index contributed by atoms with van der Waals surface area (Å²) in [6.07, 6.45) is 3.43. The molecular weight excluding hydrogens is 457 g/mol. The topological polar surface area (TPSA) is 63.1 Å². The van der Waals surface area contributed by atoms with Gasteiger partial charge in [-0.05, 0) is 43.7 Å². The Labute approximate surface area is 199 Å². The van der Waals surface area contributed by atoms with Crippen LogP contribution in [0.3, 0.4) is 0 Å². The van der Waals surface area contributed by atoms with Gasteiger partial charge in [0.1, 0.15) is 0 Å². The first-order chi connectivity index (χ1) is 14.0. The molecule has 1 N–H and O–H groups in total. The van der Waals surface area contributed by atoms with Gasteiger partial charge in [-0.1, -0.05) is 23.7 Å². The number of anilines is 1. The van der Waals surface area contributed by atoms with Crippen LogP contribution in [0.1, 0.15) is 25.5 Å². The summed E-state index contributed by atoms with van der Waals surface area (Å²) in [5.41, 5.74) is 2.69. The van der Waals surface area contributed by atoms with Gasteiger partial charge in [0.15, 0.2) is 0 Å². The Kier molecular flexibility index (Phi) is 8.89. The van der Waals surface area contributed by atoms with Gasteiger partial charge in [-0.3, -0.25) is 14.3 Å². The van der Waals surface area contributed by atoms with Gasteiger partial charge in [-0.2, -0.15) is 0 Å². The molecule has 4 rings (SSSR count). The molecule has 1 aliphatic heterocycles. The zero-order chi connectivity index (χ0) is 20.4. The van der Waals surface area contributed by atoms with Crippen LogP contribution in [0.2, 0.25) is 5.02 Å². The molecule has 0 spiro atoms. The summed E-state index contributed by atoms with van der Waals surface area (Å²) in [6.45, 7) is 6.19. The molecule has 31 heavy (non-hydrogen) atoms. The normalized spacial score (nSPS) is 18.1. The quantitative estimate of drug-likeness (QED) is 0.598. The lowest BCUT2D eigenvalue weighted by atomic mass is 10.0. The molecule has 2 aromatic heterocycles. The molecule has 0 bridgehead atoms. The Morgan fingerprint density at radius 2 is 1.77 bits per heavy atom. The van der Waals surface area contributed by atoms with Crippen molar-refractivity contribution in [3.05, 3.63) is 75.8 Å². The van der Waals surface area contributed by atoms with Gasteiger partial charge >= 0.3 is 0 Å². The largest absolute Gasteiger partial charge is 0.339 e. The van der Waals surface area contributed by atoms with Crippen molar-refractivity contribution in [3.8, 4) is 11.3 Å². The monoisotopic (exact) mass is 481 g/mol. The van der Waals surface area contributed by atoms with Crippen molar-refractivity contribution in [2.45, 2.75) is 32.5 Å². The van der Waals surface area contributed by atoms with Crippen LogP contribution >= 0.6 is 36.4 Å². The smallest absolute Gasteiger partial charge is 0.255 e. The molecule has 1 aromatic carbocycles. The van der Waals surface area contributed by atoms with E-state index in [0.29, 0.717) is 18.2 Å². The van der Waals surface area contributed by atoms with Gasteiger partial charge in [-0.25, -0.2) is 4.98 Å². The van der Waals surface area contributed by atoms with Gasteiger partial charge in [0, 0.05) is 54.7 Å². The van der Waals surface area contributed by atoms with E-state index in [9.17, 15) is 4.79 Å². The number of benzene rings is 1.